The average Bonchev–Trinajstić information content (AvgIpc) is 2.60. The van der Waals surface area contributed by atoms with Crippen LogP contribution in [0, 0.1) is 5.92 Å². The lowest BCUT2D eigenvalue weighted by Crippen LogP contribution is -2.46. The van der Waals surface area contributed by atoms with E-state index in [0.29, 0.717) is 0 Å². The summed E-state index contributed by atoms with van der Waals surface area (Å²) in [6.07, 6.45) is -4.52. The molecule has 2 atom stereocenters. The quantitative estimate of drug-likeness (QED) is 0.481. The Labute approximate surface area is 166 Å². The predicted molar refractivity (Wildman–Crippen MR) is 107 cm³/mol. The molecule has 0 aromatic heterocycles. The molecule has 28 heavy (non-hydrogen) atoms. The van der Waals surface area contributed by atoms with Crippen molar-refractivity contribution in [2.75, 3.05) is 0 Å². The maximum Gasteiger partial charge on any atom is 0.416 e. The van der Waals surface area contributed by atoms with Gasteiger partial charge in [-0.1, -0.05) is 56.3 Å². The predicted octanol–water partition coefficient (Wildman–Crippen LogP) is 7.20. The fourth-order valence-electron chi connectivity index (χ4n) is 3.26. The van der Waals surface area contributed by atoms with Gasteiger partial charge in [-0.25, -0.2) is 0 Å². The molecule has 2 unspecified atom stereocenters. The van der Waals surface area contributed by atoms with Gasteiger partial charge in [0.15, 0.2) is 0 Å². The van der Waals surface area contributed by atoms with E-state index in [0.717, 1.165) is 23.3 Å². The molecule has 0 heterocycles. The smallest absolute Gasteiger partial charge is 0.290 e. The maximum atomic E-state index is 13.0. The van der Waals surface area contributed by atoms with E-state index in [2.05, 4.69) is 13.8 Å². The first-order valence-corrected chi connectivity index (χ1v) is 9.59. The minimum atomic E-state index is -4.34. The van der Waals surface area contributed by atoms with Crippen LogP contribution in [0.5, 0.6) is 0 Å². The van der Waals surface area contributed by atoms with Crippen LogP contribution in [0.2, 0.25) is 0 Å². The molecule has 154 valence electrons. The number of hydroxylamine groups is 2. The van der Waals surface area contributed by atoms with E-state index < -0.39 is 11.7 Å². The molecule has 0 saturated heterocycles. The number of benzene rings is 2. The van der Waals surface area contributed by atoms with E-state index in [1.165, 1.54) is 0 Å². The van der Waals surface area contributed by atoms with E-state index in [4.69, 9.17) is 4.84 Å². The van der Waals surface area contributed by atoms with Crippen molar-refractivity contribution in [2.24, 2.45) is 5.92 Å². The molecular weight excluding hydrogens is 363 g/mol. The highest BCUT2D eigenvalue weighted by atomic mass is 19.4. The first-order valence-electron chi connectivity index (χ1n) is 9.59. The number of hydrogen-bond acceptors (Lipinski definition) is 2. The van der Waals surface area contributed by atoms with E-state index >= 15 is 0 Å². The van der Waals surface area contributed by atoms with Crippen LogP contribution >= 0.6 is 0 Å². The van der Waals surface area contributed by atoms with Crippen molar-refractivity contribution in [3.63, 3.8) is 0 Å². The highest BCUT2D eigenvalue weighted by Crippen LogP contribution is 2.38. The summed E-state index contributed by atoms with van der Waals surface area (Å²) in [5.41, 5.74) is 0.866. The number of alkyl halides is 3. The SMILES string of the molecule is CC(ON(C(c1ccc(C(F)(F)F)cc1)C(C)C)C(C)(C)C)c1ccccc1. The standard InChI is InChI=1S/C23H30F3NO/c1-16(2)21(19-12-14-20(15-13-19)23(24,25)26)27(22(4,5)6)28-17(3)18-10-8-7-9-11-18/h7-17,21H,1-6H3. The second-order valence-corrected chi connectivity index (χ2v) is 8.46. The summed E-state index contributed by atoms with van der Waals surface area (Å²) in [4.78, 5) is 6.39. The monoisotopic (exact) mass is 393 g/mol. The van der Waals surface area contributed by atoms with Crippen molar-refractivity contribution in [3.05, 3.63) is 71.3 Å². The molecule has 0 fully saturated rings. The normalized spacial score (nSPS) is 15.1. The molecule has 0 bridgehead atoms. The summed E-state index contributed by atoms with van der Waals surface area (Å²) in [6.45, 7) is 12.2. The third kappa shape index (κ3) is 5.58. The van der Waals surface area contributed by atoms with Crippen molar-refractivity contribution in [2.45, 2.75) is 65.4 Å². The Morgan fingerprint density at radius 3 is 1.75 bits per heavy atom. The van der Waals surface area contributed by atoms with Gasteiger partial charge in [0.25, 0.3) is 0 Å². The lowest BCUT2D eigenvalue weighted by Gasteiger charge is -2.44. The molecule has 0 aliphatic rings. The molecule has 0 spiro atoms. The molecule has 0 radical (unpaired) electrons. The minimum absolute atomic E-state index is 0.138. The molecule has 0 aliphatic carbocycles. The van der Waals surface area contributed by atoms with Crippen molar-refractivity contribution >= 4 is 0 Å². The first-order chi connectivity index (χ1) is 12.9. The number of halogens is 3. The van der Waals surface area contributed by atoms with Gasteiger partial charge in [0.1, 0.15) is 6.10 Å². The van der Waals surface area contributed by atoms with E-state index in [-0.39, 0.29) is 23.6 Å². The van der Waals surface area contributed by atoms with Crippen LogP contribution in [0.3, 0.4) is 0 Å². The first kappa shape index (κ1) is 22.4. The van der Waals surface area contributed by atoms with Crippen LogP contribution < -0.4 is 0 Å². The van der Waals surface area contributed by atoms with Crippen LogP contribution in [-0.2, 0) is 11.0 Å². The topological polar surface area (TPSA) is 12.5 Å². The molecule has 2 aromatic carbocycles. The maximum absolute atomic E-state index is 13.0. The molecule has 2 nitrogen and oxygen atoms in total. The third-order valence-corrected chi connectivity index (χ3v) is 4.67. The van der Waals surface area contributed by atoms with Crippen molar-refractivity contribution < 1.29 is 18.0 Å². The minimum Gasteiger partial charge on any atom is -0.290 e. The van der Waals surface area contributed by atoms with Crippen molar-refractivity contribution in [1.29, 1.82) is 0 Å². The van der Waals surface area contributed by atoms with Gasteiger partial charge >= 0.3 is 6.18 Å². The van der Waals surface area contributed by atoms with Gasteiger partial charge in [-0.2, -0.15) is 18.2 Å². The van der Waals surface area contributed by atoms with E-state index in [1.54, 1.807) is 12.1 Å². The van der Waals surface area contributed by atoms with Crippen LogP contribution in [0.1, 0.15) is 70.4 Å². The Morgan fingerprint density at radius 2 is 1.32 bits per heavy atom. The lowest BCUT2D eigenvalue weighted by molar-refractivity contribution is -0.272. The van der Waals surface area contributed by atoms with Crippen molar-refractivity contribution in [3.8, 4) is 0 Å². The zero-order valence-electron chi connectivity index (χ0n) is 17.4. The second-order valence-electron chi connectivity index (χ2n) is 8.46. The van der Waals surface area contributed by atoms with Gasteiger partial charge in [-0.05, 0) is 56.9 Å². The zero-order valence-corrected chi connectivity index (χ0v) is 17.4. The highest BCUT2D eigenvalue weighted by molar-refractivity contribution is 5.27. The highest BCUT2D eigenvalue weighted by Gasteiger charge is 2.36. The summed E-state index contributed by atoms with van der Waals surface area (Å²) in [5, 5.41) is 1.93. The number of nitrogens with zero attached hydrogens (tertiary/aromatic N) is 1. The van der Waals surface area contributed by atoms with Crippen LogP contribution in [0.4, 0.5) is 13.2 Å². The average molecular weight is 393 g/mol. The Balaban J connectivity index is 2.37. The summed E-state index contributed by atoms with van der Waals surface area (Å²) in [7, 11) is 0. The largest absolute Gasteiger partial charge is 0.416 e. The van der Waals surface area contributed by atoms with Gasteiger partial charge in [0.05, 0.1) is 11.6 Å². The third-order valence-electron chi connectivity index (χ3n) is 4.67. The fourth-order valence-corrected chi connectivity index (χ4v) is 3.26. The Hall–Kier alpha value is -1.85. The Morgan fingerprint density at radius 1 is 0.786 bits per heavy atom. The number of rotatable bonds is 6. The van der Waals surface area contributed by atoms with Gasteiger partial charge in [-0.15, -0.1) is 0 Å². The summed E-state index contributed by atoms with van der Waals surface area (Å²) < 4.78 is 38.9. The lowest BCUT2D eigenvalue weighted by atomic mass is 9.91. The fraction of sp³-hybridized carbons (Fsp3) is 0.478. The summed E-state index contributed by atoms with van der Waals surface area (Å²) >= 11 is 0. The zero-order chi connectivity index (χ0) is 21.1. The molecular formula is C23H30F3NO. The molecule has 0 N–H and O–H groups in total. The van der Waals surface area contributed by atoms with E-state index in [1.807, 2.05) is 63.1 Å². The van der Waals surface area contributed by atoms with Crippen LogP contribution in [0.15, 0.2) is 54.6 Å². The van der Waals surface area contributed by atoms with E-state index in [9.17, 15) is 13.2 Å². The van der Waals surface area contributed by atoms with Gasteiger partial charge in [-0.3, -0.25) is 4.84 Å². The molecule has 0 saturated carbocycles. The molecule has 5 heteroatoms. The summed E-state index contributed by atoms with van der Waals surface area (Å²) in [6, 6.07) is 15.1. The Kier molecular flexibility index (Phi) is 6.94. The van der Waals surface area contributed by atoms with Gasteiger partial charge in [0, 0.05) is 5.54 Å². The van der Waals surface area contributed by atoms with Crippen molar-refractivity contribution in [1.82, 2.24) is 5.06 Å². The van der Waals surface area contributed by atoms with Gasteiger partial charge < -0.3 is 0 Å². The van der Waals surface area contributed by atoms with Crippen LogP contribution in [-0.4, -0.2) is 10.6 Å². The molecule has 2 rings (SSSR count). The molecule has 2 aromatic rings. The second kappa shape index (κ2) is 8.66. The van der Waals surface area contributed by atoms with Crippen LogP contribution in [0.25, 0.3) is 0 Å². The summed E-state index contributed by atoms with van der Waals surface area (Å²) in [5.74, 6) is 0.138. The van der Waals surface area contributed by atoms with Gasteiger partial charge in [0.2, 0.25) is 0 Å². The molecule has 0 aliphatic heterocycles. The Bertz CT molecular complexity index is 733. The molecule has 0 amide bonds. The number of hydrogen-bond donors (Lipinski definition) is 0.